The summed E-state index contributed by atoms with van der Waals surface area (Å²) >= 11 is 0. The number of ether oxygens (including phenoxy) is 4. The minimum atomic E-state index is -1.52. The lowest BCUT2D eigenvalue weighted by Crippen LogP contribution is -2.40. The van der Waals surface area contributed by atoms with Crippen molar-refractivity contribution in [3.63, 3.8) is 0 Å². The summed E-state index contributed by atoms with van der Waals surface area (Å²) in [6.45, 7) is 4.80. The molecule has 0 radical (unpaired) electrons. The number of nitrogens with zero attached hydrogens (tertiary/aromatic N) is 1. The summed E-state index contributed by atoms with van der Waals surface area (Å²) in [5.41, 5.74) is 0. The molecule has 0 amide bonds. The van der Waals surface area contributed by atoms with Crippen LogP contribution < -0.4 is 0 Å². The first-order valence-electron chi connectivity index (χ1n) is 36.6. The van der Waals surface area contributed by atoms with E-state index in [9.17, 15) is 19.5 Å². The lowest BCUT2D eigenvalue weighted by molar-refractivity contribution is -0.870. The Morgan fingerprint density at radius 1 is 0.352 bits per heavy atom. The number of quaternary nitrogens is 1. The molecule has 0 aliphatic rings. The fourth-order valence-corrected chi connectivity index (χ4v) is 10.2. The first-order valence-corrected chi connectivity index (χ1v) is 36.6. The number of esters is 2. The standard InChI is InChI=1S/C79H137NO8/c1-6-8-10-12-14-16-18-20-22-24-26-28-30-32-33-34-35-36-37-38-39-40-41-42-43-44-45-46-48-50-52-54-56-58-60-62-64-66-68-70-77(82)88-75(74-87-79(78(83)84)85-72-71-80(3,4)5)73-86-76(81)69-67-65-63-61-59-57-55-53-51-49-47-31-29-27-25-23-21-19-17-15-13-11-9-7-2/h8,10,14,16,20,22,26,28,32-33,35-36,38-39,41-42,44-45,75,79H,6-7,9,11-13,15,17-19,21,23-25,27,29-31,34,37,40,43,46-74H2,1-5H3/p+1/b10-8-,16-14-,22-20-,28-26-,33-32-,36-35-,39-38-,42-41-,45-44-. The molecule has 0 aliphatic heterocycles. The zero-order chi connectivity index (χ0) is 64.0. The Bertz CT molecular complexity index is 1810. The maximum Gasteiger partial charge on any atom is 0.361 e. The SMILES string of the molecule is CC/C=C\C/C=C\C/C=C\C/C=C\C/C=C\C/C=C\C/C=C\C/C=C\C/C=C\CCCCCCCCCCCCCC(=O)OC(COC(=O)CCCCCCCCCCCCCCCCCCCCCCCCCC)COC(OCC[N+](C)(C)C)C(=O)O. The zero-order valence-electron chi connectivity index (χ0n) is 57.9. The quantitative estimate of drug-likeness (QED) is 0.0211. The van der Waals surface area contributed by atoms with Crippen molar-refractivity contribution in [2.75, 3.05) is 47.5 Å². The van der Waals surface area contributed by atoms with E-state index in [2.05, 4.69) is 123 Å². The number of carboxylic acids is 1. The Morgan fingerprint density at radius 2 is 0.648 bits per heavy atom. The van der Waals surface area contributed by atoms with Crippen LogP contribution in [0.15, 0.2) is 109 Å². The van der Waals surface area contributed by atoms with E-state index in [0.29, 0.717) is 23.9 Å². The second kappa shape index (κ2) is 68.9. The molecule has 0 fully saturated rings. The molecule has 0 aromatic rings. The molecule has 0 aromatic heterocycles. The van der Waals surface area contributed by atoms with Crippen LogP contribution in [0.3, 0.4) is 0 Å². The summed E-state index contributed by atoms with van der Waals surface area (Å²) in [5.74, 6) is -2.00. The van der Waals surface area contributed by atoms with Gasteiger partial charge in [-0.1, -0.05) is 329 Å². The van der Waals surface area contributed by atoms with Crippen LogP contribution in [0.4, 0.5) is 0 Å². The van der Waals surface area contributed by atoms with Gasteiger partial charge in [-0.25, -0.2) is 4.79 Å². The van der Waals surface area contributed by atoms with Gasteiger partial charge >= 0.3 is 17.9 Å². The molecule has 9 heteroatoms. The number of hydrogen-bond donors (Lipinski definition) is 1. The third kappa shape index (κ3) is 69.4. The molecule has 88 heavy (non-hydrogen) atoms. The average Bonchev–Trinajstić information content (AvgIpc) is 3.52. The van der Waals surface area contributed by atoms with Crippen LogP contribution in [0.1, 0.15) is 316 Å². The number of carboxylic acid groups (broad SMARTS) is 1. The van der Waals surface area contributed by atoms with Crippen LogP contribution in [-0.4, -0.2) is 87.4 Å². The molecule has 0 saturated carbocycles. The van der Waals surface area contributed by atoms with Crippen LogP contribution in [-0.2, 0) is 33.3 Å². The highest BCUT2D eigenvalue weighted by atomic mass is 16.7. The minimum Gasteiger partial charge on any atom is -0.477 e. The summed E-state index contributed by atoms with van der Waals surface area (Å²) in [5, 5.41) is 9.75. The first kappa shape index (κ1) is 84.0. The lowest BCUT2D eigenvalue weighted by atomic mass is 10.0. The van der Waals surface area contributed by atoms with Gasteiger partial charge in [-0.05, 0) is 83.5 Å². The normalized spacial score (nSPS) is 13.3. The van der Waals surface area contributed by atoms with Crippen LogP contribution >= 0.6 is 0 Å². The fraction of sp³-hybridized carbons (Fsp3) is 0.734. The molecule has 0 aliphatic carbocycles. The van der Waals surface area contributed by atoms with Crippen LogP contribution in [0.25, 0.3) is 0 Å². The number of carbonyl (C=O) groups is 3. The molecule has 506 valence electrons. The zero-order valence-corrected chi connectivity index (χ0v) is 57.9. The number of aliphatic carboxylic acids is 1. The van der Waals surface area contributed by atoms with Crippen molar-refractivity contribution in [1.29, 1.82) is 0 Å². The summed E-state index contributed by atoms with van der Waals surface area (Å²) < 4.78 is 23.0. The molecule has 0 bridgehead atoms. The summed E-state index contributed by atoms with van der Waals surface area (Å²) in [6.07, 6.45) is 93.5. The average molecular weight is 1230 g/mol. The molecular weight excluding hydrogens is 1090 g/mol. The number of rotatable bonds is 67. The molecule has 1 N–H and O–H groups in total. The molecule has 0 saturated heterocycles. The van der Waals surface area contributed by atoms with Gasteiger partial charge in [0.25, 0.3) is 6.29 Å². The predicted octanol–water partition coefficient (Wildman–Crippen LogP) is 23.0. The molecule has 9 nitrogen and oxygen atoms in total. The highest BCUT2D eigenvalue weighted by molar-refractivity contribution is 5.71. The monoisotopic (exact) mass is 1230 g/mol. The molecular formula is C79H138NO8+. The van der Waals surface area contributed by atoms with Gasteiger partial charge in [-0.15, -0.1) is 0 Å². The van der Waals surface area contributed by atoms with E-state index in [1.807, 2.05) is 21.1 Å². The Morgan fingerprint density at radius 3 is 0.966 bits per heavy atom. The van der Waals surface area contributed by atoms with E-state index in [0.717, 1.165) is 103 Å². The molecule has 2 unspecified atom stereocenters. The number of likely N-dealkylation sites (N-methyl/N-ethyl adjacent to an activating group) is 1. The van der Waals surface area contributed by atoms with E-state index in [-0.39, 0.29) is 32.2 Å². The highest BCUT2D eigenvalue weighted by Crippen LogP contribution is 2.18. The second-order valence-corrected chi connectivity index (χ2v) is 25.5. The van der Waals surface area contributed by atoms with Gasteiger partial charge < -0.3 is 28.5 Å². The van der Waals surface area contributed by atoms with Gasteiger partial charge in [0.15, 0.2) is 6.10 Å². The largest absolute Gasteiger partial charge is 0.477 e. The molecule has 0 heterocycles. The maximum absolute atomic E-state index is 13.0. The predicted molar refractivity (Wildman–Crippen MR) is 378 cm³/mol. The molecule has 2 atom stereocenters. The Hall–Kier alpha value is -4.05. The summed E-state index contributed by atoms with van der Waals surface area (Å²) in [4.78, 5) is 37.6. The van der Waals surface area contributed by atoms with E-state index in [1.54, 1.807) is 0 Å². The molecule has 0 aromatic carbocycles. The van der Waals surface area contributed by atoms with E-state index >= 15 is 0 Å². The number of allylic oxidation sites excluding steroid dienone is 18. The van der Waals surface area contributed by atoms with Crippen molar-refractivity contribution in [3.05, 3.63) is 109 Å². The molecule has 0 rings (SSSR count). The van der Waals surface area contributed by atoms with Gasteiger partial charge in [0.2, 0.25) is 0 Å². The van der Waals surface area contributed by atoms with Crippen molar-refractivity contribution in [2.24, 2.45) is 0 Å². The Labute approximate surface area is 543 Å². The Balaban J connectivity index is 4.11. The Kier molecular flexibility index (Phi) is 65.7. The van der Waals surface area contributed by atoms with Gasteiger partial charge in [0.05, 0.1) is 34.4 Å². The van der Waals surface area contributed by atoms with Crippen molar-refractivity contribution >= 4 is 17.9 Å². The minimum absolute atomic E-state index is 0.184. The number of hydrogen-bond acceptors (Lipinski definition) is 7. The van der Waals surface area contributed by atoms with Gasteiger partial charge in [-0.3, -0.25) is 9.59 Å². The topological polar surface area (TPSA) is 108 Å². The van der Waals surface area contributed by atoms with Crippen molar-refractivity contribution < 1.29 is 42.9 Å². The van der Waals surface area contributed by atoms with Gasteiger partial charge in [0, 0.05) is 12.8 Å². The highest BCUT2D eigenvalue weighted by Gasteiger charge is 2.25. The van der Waals surface area contributed by atoms with Crippen molar-refractivity contribution in [3.8, 4) is 0 Å². The first-order chi connectivity index (χ1) is 43.1. The smallest absolute Gasteiger partial charge is 0.361 e. The number of carbonyl (C=O) groups excluding carboxylic acids is 2. The molecule has 0 spiro atoms. The summed E-state index contributed by atoms with van der Waals surface area (Å²) in [6, 6.07) is 0. The van der Waals surface area contributed by atoms with Gasteiger partial charge in [-0.2, -0.15) is 0 Å². The fourth-order valence-electron chi connectivity index (χ4n) is 10.2. The van der Waals surface area contributed by atoms with Crippen molar-refractivity contribution in [1.82, 2.24) is 0 Å². The maximum atomic E-state index is 13.0. The van der Waals surface area contributed by atoms with Crippen LogP contribution in [0.2, 0.25) is 0 Å². The van der Waals surface area contributed by atoms with Crippen LogP contribution in [0, 0.1) is 0 Å². The van der Waals surface area contributed by atoms with Crippen molar-refractivity contribution in [2.45, 2.75) is 328 Å². The number of unbranched alkanes of at least 4 members (excludes halogenated alkanes) is 34. The van der Waals surface area contributed by atoms with E-state index in [1.165, 1.54) is 180 Å². The third-order valence-corrected chi connectivity index (χ3v) is 15.8. The van der Waals surface area contributed by atoms with Crippen LogP contribution in [0.5, 0.6) is 0 Å². The van der Waals surface area contributed by atoms with E-state index in [4.69, 9.17) is 18.9 Å². The summed E-state index contributed by atoms with van der Waals surface area (Å²) in [7, 11) is 5.98. The third-order valence-electron chi connectivity index (χ3n) is 15.8. The second-order valence-electron chi connectivity index (χ2n) is 25.5. The van der Waals surface area contributed by atoms with Gasteiger partial charge in [0.1, 0.15) is 13.2 Å². The van der Waals surface area contributed by atoms with E-state index < -0.39 is 24.3 Å². The lowest BCUT2D eigenvalue weighted by Gasteiger charge is -2.25.